The van der Waals surface area contributed by atoms with Crippen LogP contribution in [0.25, 0.3) is 0 Å². The summed E-state index contributed by atoms with van der Waals surface area (Å²) in [5.41, 5.74) is 1.25. The predicted molar refractivity (Wildman–Crippen MR) is 86.5 cm³/mol. The maximum Gasteiger partial charge on any atom is 0.342 e. The molecule has 0 aliphatic rings. The molecule has 0 unspecified atom stereocenters. The molecular formula is C17H18ClNO4. The van der Waals surface area contributed by atoms with E-state index in [1.807, 2.05) is 19.1 Å². The van der Waals surface area contributed by atoms with Crippen LogP contribution < -0.4 is 5.32 Å². The predicted octanol–water partition coefficient (Wildman–Crippen LogP) is 3.58. The molecule has 0 saturated carbocycles. The molecule has 1 heterocycles. The second-order valence-corrected chi connectivity index (χ2v) is 5.68. The highest BCUT2D eigenvalue weighted by molar-refractivity contribution is 6.30. The maximum absolute atomic E-state index is 11.9. The van der Waals surface area contributed by atoms with Crippen LogP contribution in [0.3, 0.4) is 0 Å². The van der Waals surface area contributed by atoms with E-state index in [4.69, 9.17) is 20.8 Å². The number of esters is 1. The van der Waals surface area contributed by atoms with Crippen LogP contribution in [-0.4, -0.2) is 18.5 Å². The van der Waals surface area contributed by atoms with Gasteiger partial charge in [-0.15, -0.1) is 0 Å². The van der Waals surface area contributed by atoms with Crippen molar-refractivity contribution in [2.45, 2.75) is 26.8 Å². The van der Waals surface area contributed by atoms with E-state index < -0.39 is 5.97 Å². The molecule has 23 heavy (non-hydrogen) atoms. The van der Waals surface area contributed by atoms with Crippen LogP contribution in [-0.2, 0) is 9.53 Å². The van der Waals surface area contributed by atoms with Gasteiger partial charge in [-0.05, 0) is 44.5 Å². The van der Waals surface area contributed by atoms with Crippen molar-refractivity contribution in [1.82, 2.24) is 5.32 Å². The van der Waals surface area contributed by atoms with Gasteiger partial charge < -0.3 is 14.5 Å². The van der Waals surface area contributed by atoms with Crippen molar-refractivity contribution < 1.29 is 18.7 Å². The first-order chi connectivity index (χ1) is 10.9. The van der Waals surface area contributed by atoms with Gasteiger partial charge in [0.25, 0.3) is 5.91 Å². The van der Waals surface area contributed by atoms with Crippen molar-refractivity contribution in [3.63, 3.8) is 0 Å². The van der Waals surface area contributed by atoms with Gasteiger partial charge in [-0.25, -0.2) is 4.79 Å². The summed E-state index contributed by atoms with van der Waals surface area (Å²) in [6.45, 7) is 4.91. The number of hydrogen-bond acceptors (Lipinski definition) is 4. The molecule has 2 aromatic rings. The highest BCUT2D eigenvalue weighted by atomic mass is 35.5. The highest BCUT2D eigenvalue weighted by Crippen LogP contribution is 2.16. The summed E-state index contributed by atoms with van der Waals surface area (Å²) in [6, 6.07) is 8.55. The van der Waals surface area contributed by atoms with Crippen LogP contribution in [0.4, 0.5) is 0 Å². The number of halogens is 1. The van der Waals surface area contributed by atoms with Gasteiger partial charge in [0.15, 0.2) is 6.61 Å². The minimum absolute atomic E-state index is 0.212. The number of furan rings is 1. The zero-order valence-electron chi connectivity index (χ0n) is 13.2. The molecule has 0 aliphatic heterocycles. The Morgan fingerprint density at radius 1 is 1.26 bits per heavy atom. The topological polar surface area (TPSA) is 68.5 Å². The average Bonchev–Trinajstić information content (AvgIpc) is 2.84. The molecule has 0 radical (unpaired) electrons. The van der Waals surface area contributed by atoms with Crippen molar-refractivity contribution in [1.29, 1.82) is 0 Å². The Bertz CT molecular complexity index is 706. The number of rotatable bonds is 5. The van der Waals surface area contributed by atoms with Crippen molar-refractivity contribution in [3.8, 4) is 0 Å². The quantitative estimate of drug-likeness (QED) is 0.848. The third kappa shape index (κ3) is 4.60. The van der Waals surface area contributed by atoms with E-state index in [2.05, 4.69) is 5.32 Å². The summed E-state index contributed by atoms with van der Waals surface area (Å²) < 4.78 is 10.3. The van der Waals surface area contributed by atoms with E-state index in [9.17, 15) is 9.59 Å². The molecule has 6 heteroatoms. The van der Waals surface area contributed by atoms with Gasteiger partial charge in [0.05, 0.1) is 6.04 Å². The van der Waals surface area contributed by atoms with Crippen LogP contribution in [0.5, 0.6) is 0 Å². The first kappa shape index (κ1) is 17.1. The van der Waals surface area contributed by atoms with Gasteiger partial charge in [-0.1, -0.05) is 23.7 Å². The first-order valence-corrected chi connectivity index (χ1v) is 7.53. The molecule has 1 aromatic carbocycles. The number of aryl methyl sites for hydroxylation is 2. The van der Waals surface area contributed by atoms with E-state index in [0.29, 0.717) is 22.1 Å². The fraction of sp³-hybridized carbons (Fsp3) is 0.294. The zero-order chi connectivity index (χ0) is 17.0. The van der Waals surface area contributed by atoms with Gasteiger partial charge in [-0.3, -0.25) is 4.79 Å². The zero-order valence-corrected chi connectivity index (χ0v) is 13.9. The molecule has 0 bridgehead atoms. The number of amides is 1. The van der Waals surface area contributed by atoms with E-state index >= 15 is 0 Å². The first-order valence-electron chi connectivity index (χ1n) is 7.16. The van der Waals surface area contributed by atoms with E-state index in [0.717, 1.165) is 5.56 Å². The van der Waals surface area contributed by atoms with Crippen LogP contribution >= 0.6 is 11.6 Å². The van der Waals surface area contributed by atoms with Gasteiger partial charge in [0.2, 0.25) is 0 Å². The molecule has 1 atom stereocenters. The minimum atomic E-state index is -0.575. The van der Waals surface area contributed by atoms with Crippen molar-refractivity contribution in [3.05, 3.63) is 58.0 Å². The summed E-state index contributed by atoms with van der Waals surface area (Å²) in [5.74, 6) is 0.144. The summed E-state index contributed by atoms with van der Waals surface area (Å²) in [6.07, 6.45) is 0. The number of ether oxygens (including phenoxy) is 1. The summed E-state index contributed by atoms with van der Waals surface area (Å²) in [7, 11) is 0. The van der Waals surface area contributed by atoms with Crippen LogP contribution in [0.1, 0.15) is 40.4 Å². The summed E-state index contributed by atoms with van der Waals surface area (Å²) in [4.78, 5) is 23.8. The Labute approximate surface area is 139 Å². The van der Waals surface area contributed by atoms with Crippen molar-refractivity contribution in [2.24, 2.45) is 0 Å². The largest absolute Gasteiger partial charge is 0.466 e. The lowest BCUT2D eigenvalue weighted by Gasteiger charge is -2.14. The Hall–Kier alpha value is -2.27. The molecule has 122 valence electrons. The van der Waals surface area contributed by atoms with Gasteiger partial charge >= 0.3 is 5.97 Å². The van der Waals surface area contributed by atoms with E-state index in [1.165, 1.54) is 0 Å². The van der Waals surface area contributed by atoms with E-state index in [1.54, 1.807) is 32.0 Å². The molecule has 2 rings (SSSR count). The number of carbonyl (C=O) groups is 2. The minimum Gasteiger partial charge on any atom is -0.466 e. The molecular weight excluding hydrogens is 318 g/mol. The third-order valence-corrected chi connectivity index (χ3v) is 3.59. The van der Waals surface area contributed by atoms with Crippen LogP contribution in [0, 0.1) is 13.8 Å². The second-order valence-electron chi connectivity index (χ2n) is 5.24. The van der Waals surface area contributed by atoms with Crippen molar-refractivity contribution in [2.75, 3.05) is 6.61 Å². The summed E-state index contributed by atoms with van der Waals surface area (Å²) >= 11 is 5.83. The van der Waals surface area contributed by atoms with Crippen LogP contribution in [0.2, 0.25) is 5.02 Å². The number of hydrogen-bond donors (Lipinski definition) is 1. The molecule has 1 N–H and O–H groups in total. The standard InChI is InChI=1S/C17H18ClNO4/c1-10-8-15(12(3)23-10)17(21)22-9-16(20)19-11(2)13-4-6-14(18)7-5-13/h4-8,11H,9H2,1-3H3,(H,19,20)/t11-/m1/s1. The average molecular weight is 336 g/mol. The molecule has 0 saturated heterocycles. The van der Waals surface area contributed by atoms with Gasteiger partial charge in [0, 0.05) is 5.02 Å². The molecule has 0 aliphatic carbocycles. The third-order valence-electron chi connectivity index (χ3n) is 3.34. The van der Waals surface area contributed by atoms with Crippen molar-refractivity contribution >= 4 is 23.5 Å². The molecule has 1 amide bonds. The lowest BCUT2D eigenvalue weighted by Crippen LogP contribution is -2.31. The molecule has 0 spiro atoms. The van der Waals surface area contributed by atoms with Gasteiger partial charge in [0.1, 0.15) is 17.1 Å². The highest BCUT2D eigenvalue weighted by Gasteiger charge is 2.17. The fourth-order valence-electron chi connectivity index (χ4n) is 2.16. The fourth-order valence-corrected chi connectivity index (χ4v) is 2.29. The smallest absolute Gasteiger partial charge is 0.342 e. The van der Waals surface area contributed by atoms with E-state index in [-0.39, 0.29) is 18.6 Å². The molecule has 5 nitrogen and oxygen atoms in total. The number of nitrogens with one attached hydrogen (secondary N) is 1. The van der Waals surface area contributed by atoms with Gasteiger partial charge in [-0.2, -0.15) is 0 Å². The Morgan fingerprint density at radius 3 is 2.48 bits per heavy atom. The Kier molecular flexibility index (Phi) is 5.45. The number of benzene rings is 1. The Balaban J connectivity index is 1.86. The lowest BCUT2D eigenvalue weighted by atomic mass is 10.1. The normalized spacial score (nSPS) is 11.8. The van der Waals surface area contributed by atoms with Crippen LogP contribution in [0.15, 0.2) is 34.7 Å². The molecule has 1 aromatic heterocycles. The monoisotopic (exact) mass is 335 g/mol. The molecule has 0 fully saturated rings. The number of carbonyl (C=O) groups excluding carboxylic acids is 2. The SMILES string of the molecule is Cc1cc(C(=O)OCC(=O)N[C@H](C)c2ccc(Cl)cc2)c(C)o1. The lowest BCUT2D eigenvalue weighted by molar-refractivity contribution is -0.124. The maximum atomic E-state index is 11.9. The summed E-state index contributed by atoms with van der Waals surface area (Å²) in [5, 5.41) is 3.39. The second kappa shape index (κ2) is 7.33. The Morgan fingerprint density at radius 2 is 1.91 bits per heavy atom.